The molecule has 0 saturated heterocycles. The fraction of sp³-hybridized carbons (Fsp3) is 0.167. The van der Waals surface area contributed by atoms with Gasteiger partial charge in [0.25, 0.3) is 0 Å². The van der Waals surface area contributed by atoms with Crippen molar-refractivity contribution in [3.8, 4) is 6.07 Å². The van der Waals surface area contributed by atoms with Gasteiger partial charge in [0.15, 0.2) is 0 Å². The number of carbonyl (C=O) groups excluding carboxylic acids is 1. The molecule has 22 heavy (non-hydrogen) atoms. The summed E-state index contributed by atoms with van der Waals surface area (Å²) in [6.07, 6.45) is 1.85. The van der Waals surface area contributed by atoms with E-state index in [0.717, 1.165) is 11.1 Å². The van der Waals surface area contributed by atoms with Gasteiger partial charge in [-0.25, -0.2) is 5.43 Å². The molecule has 0 aliphatic carbocycles. The second-order valence-electron chi connectivity index (χ2n) is 5.12. The summed E-state index contributed by atoms with van der Waals surface area (Å²) in [5.74, 6) is -0.159. The van der Waals surface area contributed by atoms with Gasteiger partial charge in [-0.1, -0.05) is 30.3 Å². The Morgan fingerprint density at radius 3 is 2.55 bits per heavy atom. The molecule has 0 heterocycles. The summed E-state index contributed by atoms with van der Waals surface area (Å²) in [4.78, 5) is 11.8. The Hall–Kier alpha value is -2.93. The second-order valence-corrected chi connectivity index (χ2v) is 5.12. The summed E-state index contributed by atoms with van der Waals surface area (Å²) in [6, 6.07) is 15.0. The van der Waals surface area contributed by atoms with Crippen molar-refractivity contribution < 1.29 is 4.79 Å². The predicted molar refractivity (Wildman–Crippen MR) is 86.5 cm³/mol. The van der Waals surface area contributed by atoms with E-state index in [0.29, 0.717) is 12.0 Å². The first kappa shape index (κ1) is 15.5. The first-order valence-electron chi connectivity index (χ1n) is 6.96. The van der Waals surface area contributed by atoms with Crippen LogP contribution < -0.4 is 5.43 Å². The van der Waals surface area contributed by atoms with Crippen LogP contribution in [0, 0.1) is 25.2 Å². The van der Waals surface area contributed by atoms with Crippen molar-refractivity contribution in [2.45, 2.75) is 20.3 Å². The molecule has 0 spiro atoms. The molecule has 0 fully saturated rings. The number of nitrogens with one attached hydrogen (secondary N) is 1. The number of hydrogen-bond acceptors (Lipinski definition) is 3. The molecule has 0 bridgehead atoms. The van der Waals surface area contributed by atoms with Gasteiger partial charge in [0.1, 0.15) is 0 Å². The van der Waals surface area contributed by atoms with Crippen molar-refractivity contribution in [2.24, 2.45) is 5.10 Å². The van der Waals surface area contributed by atoms with Gasteiger partial charge in [0.2, 0.25) is 5.91 Å². The highest BCUT2D eigenvalue weighted by molar-refractivity contribution is 5.83. The number of hydrogen-bond donors (Lipinski definition) is 1. The van der Waals surface area contributed by atoms with E-state index in [2.05, 4.69) is 10.5 Å². The number of hydrazone groups is 1. The number of nitriles is 1. The molecule has 0 atom stereocenters. The average molecular weight is 291 g/mol. The molecule has 4 heteroatoms. The Labute approximate surface area is 130 Å². The molecule has 4 nitrogen and oxygen atoms in total. The first-order valence-corrected chi connectivity index (χ1v) is 6.96. The third-order valence-corrected chi connectivity index (χ3v) is 3.38. The van der Waals surface area contributed by atoms with Crippen molar-refractivity contribution in [2.75, 3.05) is 0 Å². The van der Waals surface area contributed by atoms with E-state index >= 15 is 0 Å². The highest BCUT2D eigenvalue weighted by Crippen LogP contribution is 2.10. The predicted octanol–water partition coefficient (Wildman–Crippen LogP) is 2.87. The monoisotopic (exact) mass is 291 g/mol. The van der Waals surface area contributed by atoms with Crippen LogP contribution in [0.15, 0.2) is 47.6 Å². The zero-order valence-electron chi connectivity index (χ0n) is 12.6. The fourth-order valence-corrected chi connectivity index (χ4v) is 1.96. The summed E-state index contributed by atoms with van der Waals surface area (Å²) >= 11 is 0. The number of amides is 1. The van der Waals surface area contributed by atoms with Gasteiger partial charge in [0, 0.05) is 0 Å². The lowest BCUT2D eigenvalue weighted by atomic mass is 10.0. The fourth-order valence-electron chi connectivity index (χ4n) is 1.96. The summed E-state index contributed by atoms with van der Waals surface area (Å²) < 4.78 is 0. The number of benzene rings is 2. The van der Waals surface area contributed by atoms with Crippen LogP contribution in [0.2, 0.25) is 0 Å². The lowest BCUT2D eigenvalue weighted by Crippen LogP contribution is -2.19. The summed E-state index contributed by atoms with van der Waals surface area (Å²) in [5.41, 5.74) is 7.28. The first-order chi connectivity index (χ1) is 10.6. The minimum absolute atomic E-state index is 0.159. The van der Waals surface area contributed by atoms with E-state index in [9.17, 15) is 4.79 Å². The smallest absolute Gasteiger partial charge is 0.244 e. The van der Waals surface area contributed by atoms with Crippen molar-refractivity contribution in [1.82, 2.24) is 5.43 Å². The van der Waals surface area contributed by atoms with Gasteiger partial charge >= 0.3 is 0 Å². The van der Waals surface area contributed by atoms with Gasteiger partial charge in [-0.2, -0.15) is 10.4 Å². The Morgan fingerprint density at radius 1 is 1.18 bits per heavy atom. The third kappa shape index (κ3) is 4.29. The van der Waals surface area contributed by atoms with Gasteiger partial charge in [-0.3, -0.25) is 4.79 Å². The molecular formula is C18H17N3O. The molecule has 0 saturated carbocycles. The Bertz CT molecular complexity index is 740. The maximum Gasteiger partial charge on any atom is 0.244 e. The normalized spacial score (nSPS) is 10.4. The van der Waals surface area contributed by atoms with Crippen LogP contribution >= 0.6 is 0 Å². The molecular weight excluding hydrogens is 274 g/mol. The van der Waals surface area contributed by atoms with Crippen LogP contribution in [-0.4, -0.2) is 12.1 Å². The lowest BCUT2D eigenvalue weighted by molar-refractivity contribution is -0.120. The van der Waals surface area contributed by atoms with E-state index < -0.39 is 0 Å². The molecule has 1 N–H and O–H groups in total. The largest absolute Gasteiger partial charge is 0.273 e. The average Bonchev–Trinajstić information content (AvgIpc) is 2.51. The maximum absolute atomic E-state index is 11.8. The molecule has 2 rings (SSSR count). The SMILES string of the molecule is Cc1ccc(CC(=O)NN=Cc2ccc(C#N)cc2)cc1C. The third-order valence-electron chi connectivity index (χ3n) is 3.38. The van der Waals surface area contributed by atoms with E-state index in [1.807, 2.05) is 38.1 Å². The van der Waals surface area contributed by atoms with Gasteiger partial charge in [-0.05, 0) is 48.2 Å². The van der Waals surface area contributed by atoms with Crippen LogP contribution in [0.5, 0.6) is 0 Å². The highest BCUT2D eigenvalue weighted by atomic mass is 16.2. The molecule has 0 aromatic heterocycles. The van der Waals surface area contributed by atoms with Crippen LogP contribution in [0.4, 0.5) is 0 Å². The quantitative estimate of drug-likeness (QED) is 0.695. The topological polar surface area (TPSA) is 65.2 Å². The Morgan fingerprint density at radius 2 is 1.91 bits per heavy atom. The van der Waals surface area contributed by atoms with Crippen LogP contribution in [0.1, 0.15) is 27.8 Å². The Balaban J connectivity index is 1.90. The molecule has 110 valence electrons. The highest BCUT2D eigenvalue weighted by Gasteiger charge is 2.03. The number of nitrogens with zero attached hydrogens (tertiary/aromatic N) is 2. The molecule has 1 amide bonds. The van der Waals surface area contributed by atoms with Crippen molar-refractivity contribution >= 4 is 12.1 Å². The molecule has 0 radical (unpaired) electrons. The lowest BCUT2D eigenvalue weighted by Gasteiger charge is -2.04. The molecule has 2 aromatic carbocycles. The second kappa shape index (κ2) is 7.19. The standard InChI is InChI=1S/C18H17N3O/c1-13-3-4-17(9-14(13)2)10-18(22)21-20-12-16-7-5-15(11-19)6-8-16/h3-9,12H,10H2,1-2H3,(H,21,22). The summed E-state index contributed by atoms with van der Waals surface area (Å²) in [7, 11) is 0. The van der Waals surface area contributed by atoms with Crippen LogP contribution in [-0.2, 0) is 11.2 Å². The van der Waals surface area contributed by atoms with E-state index in [1.165, 1.54) is 11.1 Å². The van der Waals surface area contributed by atoms with Crippen molar-refractivity contribution in [1.29, 1.82) is 5.26 Å². The number of carbonyl (C=O) groups is 1. The van der Waals surface area contributed by atoms with Crippen LogP contribution in [0.3, 0.4) is 0 Å². The molecule has 0 unspecified atom stereocenters. The Kier molecular flexibility index (Phi) is 5.05. The van der Waals surface area contributed by atoms with Gasteiger partial charge < -0.3 is 0 Å². The van der Waals surface area contributed by atoms with E-state index in [1.54, 1.807) is 30.5 Å². The maximum atomic E-state index is 11.8. The van der Waals surface area contributed by atoms with Crippen molar-refractivity contribution in [3.05, 3.63) is 70.3 Å². The van der Waals surface area contributed by atoms with Gasteiger partial charge in [0.05, 0.1) is 24.3 Å². The van der Waals surface area contributed by atoms with Gasteiger partial charge in [-0.15, -0.1) is 0 Å². The summed E-state index contributed by atoms with van der Waals surface area (Å²) in [5, 5.41) is 12.6. The van der Waals surface area contributed by atoms with Crippen LogP contribution in [0.25, 0.3) is 0 Å². The summed E-state index contributed by atoms with van der Waals surface area (Å²) in [6.45, 7) is 4.07. The minimum atomic E-state index is -0.159. The number of rotatable bonds is 4. The minimum Gasteiger partial charge on any atom is -0.273 e. The van der Waals surface area contributed by atoms with E-state index in [4.69, 9.17) is 5.26 Å². The molecule has 0 aliphatic heterocycles. The number of aryl methyl sites for hydroxylation is 2. The molecule has 2 aromatic rings. The zero-order chi connectivity index (χ0) is 15.9. The zero-order valence-corrected chi connectivity index (χ0v) is 12.6. The van der Waals surface area contributed by atoms with E-state index in [-0.39, 0.29) is 5.91 Å². The van der Waals surface area contributed by atoms with Crippen molar-refractivity contribution in [3.63, 3.8) is 0 Å². The molecule has 0 aliphatic rings.